The van der Waals surface area contributed by atoms with Crippen LogP contribution in [0.25, 0.3) is 121 Å². The molecule has 0 bridgehead atoms. The second-order valence-corrected chi connectivity index (χ2v) is 35.2. The van der Waals surface area contributed by atoms with Crippen LogP contribution in [0, 0.1) is 17.9 Å². The second-order valence-electron chi connectivity index (χ2n) is 34.2. The Kier molecular flexibility index (Phi) is 12.3. The van der Waals surface area contributed by atoms with E-state index in [2.05, 4.69) is 239 Å². The Labute approximate surface area is 659 Å². The van der Waals surface area contributed by atoms with E-state index in [9.17, 15) is 24.5 Å². The number of hydrogen-bond donors (Lipinski definition) is 0. The average Bonchev–Trinajstić information content (AvgIpc) is 1.30. The van der Waals surface area contributed by atoms with Gasteiger partial charge in [-0.05, 0) is 202 Å². The van der Waals surface area contributed by atoms with E-state index in [4.69, 9.17) is 6.57 Å². The lowest BCUT2D eigenvalue weighted by Gasteiger charge is -2.42. The molecular weight excluding hydrogens is 1330 g/mol. The Morgan fingerprint density at radius 2 is 0.926 bits per heavy atom. The molecular formula is C100H87BN6S. The normalized spacial score (nSPS) is 15.0. The van der Waals surface area contributed by atoms with Gasteiger partial charge in [-0.1, -0.05) is 267 Å². The summed E-state index contributed by atoms with van der Waals surface area (Å²) in [6.07, 6.45) is 0. The smallest absolute Gasteiger partial charge is 0.249 e. The molecule has 8 heteroatoms. The molecule has 0 fully saturated rings. The first-order valence-electron chi connectivity index (χ1n) is 43.9. The van der Waals surface area contributed by atoms with Gasteiger partial charge in [0.2, 0.25) is 6.71 Å². The number of hydrogen-bond acceptors (Lipinski definition) is 3. The Balaban J connectivity index is 1.09. The van der Waals surface area contributed by atoms with E-state index in [1.54, 1.807) is 20.9 Å². The Morgan fingerprint density at radius 1 is 0.407 bits per heavy atom. The SMILES string of the molecule is [2H]c1c([2H])c([2H])c2c(c1[2H])c1c([2H])c(C#N)c([2H])c([2H])c1n2-c1ccc2c(c1)N(c1c(-c3cccc(C(C)(C)C)c3)cc(C(C)(C)C)cc1-c1cccc(C(C)(C)C)c1)c1cc(-n3c4c([2H])c([2H])c([2H])c([2H])c4c4c([2H])c([N+]#[C-])c([2H])c([2H])c43)cc3c1B2c1ccc2c(c1S3)c1cc(-c3ccccc3)ccc1n2-c1cc(C(C)(C)C)cc(C(C)(C)C)c1. The molecule has 0 radical (unpaired) electrons. The first-order chi connectivity index (χ1) is 57.5. The minimum absolute atomic E-state index is 0.0893. The van der Waals surface area contributed by atoms with Gasteiger partial charge in [0.15, 0.2) is 5.69 Å². The van der Waals surface area contributed by atoms with Crippen molar-refractivity contribution in [3.05, 3.63) is 299 Å². The van der Waals surface area contributed by atoms with E-state index in [-0.39, 0.29) is 76.6 Å². The third-order valence-corrected chi connectivity index (χ3v) is 23.2. The standard InChI is InChI=1S/C100H87BN6S/c1-96(2,3)65-30-24-28-63(47-65)76-53-69(100(13,14)15)54-77(64-29-25-31-66(48-64)97(4,5)6)94(76)107-89-56-71(104-83-34-22-20-32-74(83)78-46-60(59-102)36-42-85(78)104)39-40-81(89)101-82-41-45-88-92(95(82)108-91-58-73(57-90(107)93(91)101)105-84-35-23-21-33-75(84)79-55-70(103-16)38-44-86(79)105)80-49-62(61-26-18-17-19-27-61)37-43-87(80)106(88)72-51-67(98(7,8)9)50-68(52-72)99(10,11)12/h17-58H,1-15H3/i20D,21D,22D,23D,32D,33D,34D,35D,36D,38D,42D,44D,46D,55D. The highest BCUT2D eigenvalue weighted by Gasteiger charge is 2.45. The van der Waals surface area contributed by atoms with Gasteiger partial charge in [0.05, 0.1) is 73.4 Å². The van der Waals surface area contributed by atoms with Crippen molar-refractivity contribution in [3.63, 3.8) is 0 Å². The van der Waals surface area contributed by atoms with E-state index in [0.29, 0.717) is 22.0 Å². The van der Waals surface area contributed by atoms with E-state index in [0.717, 1.165) is 110 Å². The summed E-state index contributed by atoms with van der Waals surface area (Å²) in [6, 6.07) is 54.4. The lowest BCUT2D eigenvalue weighted by atomic mass is 9.34. The molecule has 0 aliphatic carbocycles. The van der Waals surface area contributed by atoms with Gasteiger partial charge in [-0.25, -0.2) is 4.85 Å². The largest absolute Gasteiger partial charge is 0.310 e. The van der Waals surface area contributed by atoms with Crippen LogP contribution >= 0.6 is 11.8 Å². The fraction of sp³-hybridized carbons (Fsp3) is 0.200. The maximum Gasteiger partial charge on any atom is 0.249 e. The molecule has 0 amide bonds. The molecule has 0 N–H and O–H groups in total. The zero-order valence-electron chi connectivity index (χ0n) is 77.3. The van der Waals surface area contributed by atoms with Crippen molar-refractivity contribution in [2.45, 2.75) is 141 Å². The van der Waals surface area contributed by atoms with Crippen molar-refractivity contribution in [2.24, 2.45) is 0 Å². The molecule has 2 aliphatic heterocycles. The average molecular weight is 1430 g/mol. The predicted octanol–water partition coefficient (Wildman–Crippen LogP) is 25.7. The first-order valence-corrected chi connectivity index (χ1v) is 37.7. The zero-order chi connectivity index (χ0) is 87.2. The number of aromatic nitrogens is 3. The lowest BCUT2D eigenvalue weighted by molar-refractivity contribution is 0.568. The molecule has 13 aromatic carbocycles. The van der Waals surface area contributed by atoms with Crippen LogP contribution in [0.3, 0.4) is 0 Å². The molecule has 0 spiro atoms. The van der Waals surface area contributed by atoms with E-state index >= 15 is 0 Å². The van der Waals surface area contributed by atoms with Gasteiger partial charge in [0.1, 0.15) is 0 Å². The highest BCUT2D eigenvalue weighted by Crippen LogP contribution is 2.54. The molecule has 0 saturated carbocycles. The van der Waals surface area contributed by atoms with Gasteiger partial charge in [0.25, 0.3) is 0 Å². The van der Waals surface area contributed by atoms with Gasteiger partial charge in [-0.2, -0.15) is 5.26 Å². The molecule has 526 valence electrons. The Hall–Kier alpha value is -11.5. The molecule has 5 heterocycles. The maximum atomic E-state index is 10.8. The lowest BCUT2D eigenvalue weighted by Crippen LogP contribution is -2.60. The summed E-state index contributed by atoms with van der Waals surface area (Å²) in [5.41, 5.74) is 15.2. The van der Waals surface area contributed by atoms with Crippen LogP contribution < -0.4 is 21.3 Å². The van der Waals surface area contributed by atoms with Crippen LogP contribution in [-0.4, -0.2) is 20.4 Å². The molecule has 0 atom stereocenters. The number of anilines is 3. The van der Waals surface area contributed by atoms with Crippen molar-refractivity contribution in [1.29, 1.82) is 5.26 Å². The van der Waals surface area contributed by atoms with Gasteiger partial charge in [-0.15, -0.1) is 0 Å². The van der Waals surface area contributed by atoms with Gasteiger partial charge in [0, 0.05) is 79.0 Å². The fourth-order valence-electron chi connectivity index (χ4n) is 16.2. The number of rotatable bonds is 7. The van der Waals surface area contributed by atoms with Crippen molar-refractivity contribution in [2.75, 3.05) is 4.90 Å². The minimum atomic E-state index is -0.736. The molecule has 3 aromatic heterocycles. The molecule has 2 aliphatic rings. The van der Waals surface area contributed by atoms with Gasteiger partial charge in [-0.3, -0.25) is 0 Å². The van der Waals surface area contributed by atoms with Crippen LogP contribution in [0.4, 0.5) is 22.7 Å². The number of nitriles is 1. The van der Waals surface area contributed by atoms with Crippen LogP contribution in [0.1, 0.15) is 156 Å². The summed E-state index contributed by atoms with van der Waals surface area (Å²) in [6.45, 7) is 40.7. The summed E-state index contributed by atoms with van der Waals surface area (Å²) in [5, 5.41) is 12.2. The van der Waals surface area contributed by atoms with E-state index in [1.807, 2.05) is 54.6 Å². The fourth-order valence-corrected chi connectivity index (χ4v) is 17.5. The van der Waals surface area contributed by atoms with Crippen molar-refractivity contribution < 1.29 is 19.2 Å². The van der Waals surface area contributed by atoms with Crippen LogP contribution in [-0.2, 0) is 27.1 Å². The Morgan fingerprint density at radius 3 is 1.53 bits per heavy atom. The van der Waals surface area contributed by atoms with Crippen molar-refractivity contribution in [3.8, 4) is 56.5 Å². The summed E-state index contributed by atoms with van der Waals surface area (Å²) in [5.74, 6) is 0. The van der Waals surface area contributed by atoms with Crippen LogP contribution in [0.2, 0.25) is 0 Å². The second kappa shape index (κ2) is 24.5. The van der Waals surface area contributed by atoms with E-state index in [1.165, 1.54) is 0 Å². The molecule has 18 rings (SSSR count). The van der Waals surface area contributed by atoms with Crippen LogP contribution in [0.5, 0.6) is 0 Å². The minimum Gasteiger partial charge on any atom is -0.310 e. The molecule has 0 unspecified atom stereocenters. The predicted molar refractivity (Wildman–Crippen MR) is 460 cm³/mol. The van der Waals surface area contributed by atoms with Crippen molar-refractivity contribution >= 4 is 123 Å². The van der Waals surface area contributed by atoms with Gasteiger partial charge < -0.3 is 18.6 Å². The molecule has 6 nitrogen and oxygen atoms in total. The highest BCUT2D eigenvalue weighted by molar-refractivity contribution is 8.00. The first kappa shape index (κ1) is 54.1. The summed E-state index contributed by atoms with van der Waals surface area (Å²) >= 11 is 1.56. The van der Waals surface area contributed by atoms with Gasteiger partial charge >= 0.3 is 0 Å². The molecule has 108 heavy (non-hydrogen) atoms. The third kappa shape index (κ3) is 11.0. The van der Waals surface area contributed by atoms with Crippen molar-refractivity contribution in [1.82, 2.24) is 13.7 Å². The third-order valence-electron chi connectivity index (χ3n) is 22.0. The summed E-state index contributed by atoms with van der Waals surface area (Å²) < 4.78 is 142. The van der Waals surface area contributed by atoms with Crippen LogP contribution in [0.15, 0.2) is 264 Å². The summed E-state index contributed by atoms with van der Waals surface area (Å²) in [4.78, 5) is 7.46. The summed E-state index contributed by atoms with van der Waals surface area (Å²) in [7, 11) is 0. The maximum absolute atomic E-state index is 10.8. The molecule has 0 saturated heterocycles. The number of benzene rings is 13. The zero-order valence-corrected chi connectivity index (χ0v) is 64.2. The number of para-hydroxylation sites is 2. The topological polar surface area (TPSA) is 46.2 Å². The Bertz CT molecular complexity index is 7360. The quantitative estimate of drug-likeness (QED) is 0.118. The molecule has 16 aromatic rings. The number of fused-ring (bicyclic) bond motifs is 14. The highest BCUT2D eigenvalue weighted by atomic mass is 32.2. The van der Waals surface area contributed by atoms with E-state index < -0.39 is 108 Å². The monoisotopic (exact) mass is 1430 g/mol. The number of nitrogens with zero attached hydrogens (tertiary/aromatic N) is 6.